The third-order valence-electron chi connectivity index (χ3n) is 2.61. The van der Waals surface area contributed by atoms with E-state index in [0.717, 1.165) is 12.8 Å². The first-order valence-corrected chi connectivity index (χ1v) is 6.55. The maximum atomic E-state index is 13.2. The summed E-state index contributed by atoms with van der Waals surface area (Å²) in [5, 5.41) is 12.2. The normalized spacial score (nSPS) is 15.0. The lowest BCUT2D eigenvalue weighted by Gasteiger charge is -2.06. The number of aromatic nitrogens is 4. The van der Waals surface area contributed by atoms with Gasteiger partial charge >= 0.3 is 0 Å². The Bertz CT molecular complexity index is 598. The van der Waals surface area contributed by atoms with Crippen LogP contribution in [0.15, 0.2) is 22.2 Å². The molecule has 0 spiro atoms. The molecule has 94 valence electrons. The van der Waals surface area contributed by atoms with Crippen molar-refractivity contribution in [1.82, 2.24) is 20.2 Å². The zero-order valence-corrected chi connectivity index (χ0v) is 10.7. The highest BCUT2D eigenvalue weighted by molar-refractivity contribution is 7.99. The van der Waals surface area contributed by atoms with E-state index in [2.05, 4.69) is 15.5 Å². The number of nitrogen functional groups attached to an aromatic ring is 1. The van der Waals surface area contributed by atoms with E-state index in [1.54, 1.807) is 4.68 Å². The molecule has 1 fully saturated rings. The maximum Gasteiger partial charge on any atom is 0.214 e. The molecule has 18 heavy (non-hydrogen) atoms. The van der Waals surface area contributed by atoms with Gasteiger partial charge in [0.2, 0.25) is 5.16 Å². The van der Waals surface area contributed by atoms with Crippen LogP contribution >= 0.6 is 23.4 Å². The van der Waals surface area contributed by atoms with Crippen LogP contribution in [0.4, 0.5) is 10.1 Å². The number of benzene rings is 1. The molecule has 0 aliphatic heterocycles. The smallest absolute Gasteiger partial charge is 0.214 e. The molecule has 8 heteroatoms. The van der Waals surface area contributed by atoms with Gasteiger partial charge in [0.05, 0.1) is 11.1 Å². The topological polar surface area (TPSA) is 69.6 Å². The summed E-state index contributed by atoms with van der Waals surface area (Å²) >= 11 is 7.03. The van der Waals surface area contributed by atoms with Crippen molar-refractivity contribution in [3.63, 3.8) is 0 Å². The van der Waals surface area contributed by atoms with Gasteiger partial charge in [0.25, 0.3) is 0 Å². The highest BCUT2D eigenvalue weighted by atomic mass is 35.5. The molecule has 1 saturated carbocycles. The molecule has 0 atom stereocenters. The first-order chi connectivity index (χ1) is 8.65. The van der Waals surface area contributed by atoms with Crippen LogP contribution in [0.1, 0.15) is 18.9 Å². The lowest BCUT2D eigenvalue weighted by Crippen LogP contribution is -1.99. The average Bonchev–Trinajstić information content (AvgIpc) is 3.07. The van der Waals surface area contributed by atoms with E-state index >= 15 is 0 Å². The Morgan fingerprint density at radius 2 is 2.22 bits per heavy atom. The van der Waals surface area contributed by atoms with E-state index in [4.69, 9.17) is 17.3 Å². The zero-order chi connectivity index (χ0) is 12.7. The quantitative estimate of drug-likeness (QED) is 0.878. The summed E-state index contributed by atoms with van der Waals surface area (Å²) in [6.45, 7) is 0. The minimum absolute atomic E-state index is 0.0390. The largest absolute Gasteiger partial charge is 0.398 e. The molecule has 2 aromatic rings. The van der Waals surface area contributed by atoms with Crippen LogP contribution < -0.4 is 5.73 Å². The van der Waals surface area contributed by atoms with Gasteiger partial charge in [-0.15, -0.1) is 5.10 Å². The second kappa shape index (κ2) is 4.40. The second-order valence-corrected chi connectivity index (χ2v) is 5.46. The van der Waals surface area contributed by atoms with E-state index in [1.165, 1.54) is 23.9 Å². The third-order valence-corrected chi connectivity index (χ3v) is 3.92. The Hall–Kier alpha value is -1.34. The summed E-state index contributed by atoms with van der Waals surface area (Å²) in [7, 11) is 0. The van der Waals surface area contributed by atoms with E-state index in [9.17, 15) is 4.39 Å². The summed E-state index contributed by atoms with van der Waals surface area (Å²) < 4.78 is 15.0. The van der Waals surface area contributed by atoms with Crippen LogP contribution in [0.2, 0.25) is 5.02 Å². The van der Waals surface area contributed by atoms with Gasteiger partial charge in [0.1, 0.15) is 5.82 Å². The van der Waals surface area contributed by atoms with Crippen LogP contribution in [0, 0.1) is 5.82 Å². The summed E-state index contributed by atoms with van der Waals surface area (Å²) in [6, 6.07) is 3.07. The Kier molecular flexibility index (Phi) is 2.87. The fraction of sp³-hybridized carbons (Fsp3) is 0.300. The first kappa shape index (κ1) is 11.7. The number of halogens is 2. The molecule has 0 radical (unpaired) electrons. The molecular weight excluding hydrogens is 277 g/mol. The second-order valence-electron chi connectivity index (χ2n) is 4.04. The van der Waals surface area contributed by atoms with Crippen molar-refractivity contribution < 1.29 is 4.39 Å². The predicted molar refractivity (Wildman–Crippen MR) is 66.0 cm³/mol. The zero-order valence-electron chi connectivity index (χ0n) is 9.18. The summed E-state index contributed by atoms with van der Waals surface area (Å²) in [6.07, 6.45) is 2.16. The van der Waals surface area contributed by atoms with Crippen molar-refractivity contribution in [3.05, 3.63) is 23.0 Å². The molecule has 1 aliphatic rings. The molecule has 1 aromatic carbocycles. The number of hydrogen-bond donors (Lipinski definition) is 1. The standard InChI is InChI=1S/C10H9ClFN5S/c11-6-3-9(8(13)4-7(6)12)18-10-14-15-16-17(10)5-1-2-5/h3-5H,1-2,13H2. The fourth-order valence-electron chi connectivity index (χ4n) is 1.53. The van der Waals surface area contributed by atoms with Gasteiger partial charge in [-0.25, -0.2) is 9.07 Å². The number of anilines is 1. The van der Waals surface area contributed by atoms with Gasteiger partial charge in [-0.05, 0) is 47.2 Å². The Balaban J connectivity index is 1.92. The summed E-state index contributed by atoms with van der Waals surface area (Å²) in [4.78, 5) is 0.651. The van der Waals surface area contributed by atoms with Gasteiger partial charge in [0.15, 0.2) is 0 Å². The third kappa shape index (κ3) is 2.15. The van der Waals surface area contributed by atoms with E-state index in [0.29, 0.717) is 21.8 Å². The van der Waals surface area contributed by atoms with Crippen molar-refractivity contribution in [1.29, 1.82) is 0 Å². The maximum absolute atomic E-state index is 13.2. The Labute approximate surface area is 111 Å². The lowest BCUT2D eigenvalue weighted by atomic mass is 10.3. The molecule has 2 N–H and O–H groups in total. The highest BCUT2D eigenvalue weighted by Gasteiger charge is 2.28. The number of nitrogens with zero attached hydrogens (tertiary/aromatic N) is 4. The van der Waals surface area contributed by atoms with Crippen LogP contribution in [0.5, 0.6) is 0 Å². The number of tetrazole rings is 1. The number of nitrogens with two attached hydrogens (primary N) is 1. The monoisotopic (exact) mass is 285 g/mol. The Morgan fingerprint density at radius 3 is 2.94 bits per heavy atom. The van der Waals surface area contributed by atoms with E-state index < -0.39 is 5.82 Å². The summed E-state index contributed by atoms with van der Waals surface area (Å²) in [5.74, 6) is -0.527. The van der Waals surface area contributed by atoms with Crippen molar-refractivity contribution in [3.8, 4) is 0 Å². The van der Waals surface area contributed by atoms with Crippen molar-refractivity contribution >= 4 is 29.1 Å². The van der Waals surface area contributed by atoms with Gasteiger partial charge in [-0.2, -0.15) is 0 Å². The van der Waals surface area contributed by atoms with E-state index in [1.807, 2.05) is 0 Å². The Morgan fingerprint density at radius 1 is 1.44 bits per heavy atom. The van der Waals surface area contributed by atoms with Gasteiger partial charge < -0.3 is 5.73 Å². The average molecular weight is 286 g/mol. The van der Waals surface area contributed by atoms with Crippen molar-refractivity contribution in [2.45, 2.75) is 28.9 Å². The van der Waals surface area contributed by atoms with Crippen molar-refractivity contribution in [2.75, 3.05) is 5.73 Å². The molecule has 5 nitrogen and oxygen atoms in total. The number of rotatable bonds is 3. The number of hydrogen-bond acceptors (Lipinski definition) is 5. The summed E-state index contributed by atoms with van der Waals surface area (Å²) in [5.41, 5.74) is 6.08. The minimum Gasteiger partial charge on any atom is -0.398 e. The van der Waals surface area contributed by atoms with Gasteiger partial charge in [-0.1, -0.05) is 11.6 Å². The molecule has 1 aliphatic carbocycles. The molecule has 0 unspecified atom stereocenters. The highest BCUT2D eigenvalue weighted by Crippen LogP contribution is 2.39. The van der Waals surface area contributed by atoms with Crippen molar-refractivity contribution in [2.24, 2.45) is 0 Å². The SMILES string of the molecule is Nc1cc(F)c(Cl)cc1Sc1nnnn1C1CC1. The van der Waals surface area contributed by atoms with Gasteiger partial charge in [-0.3, -0.25) is 0 Å². The van der Waals surface area contributed by atoms with Crippen LogP contribution in [0.3, 0.4) is 0 Å². The molecule has 0 amide bonds. The molecule has 1 heterocycles. The minimum atomic E-state index is -0.527. The van der Waals surface area contributed by atoms with Gasteiger partial charge in [0, 0.05) is 10.6 Å². The molecule has 0 bridgehead atoms. The molecule has 3 rings (SSSR count). The van der Waals surface area contributed by atoms with Crippen LogP contribution in [-0.2, 0) is 0 Å². The fourth-order valence-corrected chi connectivity index (χ4v) is 2.67. The molecule has 1 aromatic heterocycles. The lowest BCUT2D eigenvalue weighted by molar-refractivity contribution is 0.565. The predicted octanol–water partition coefficient (Wildman–Crippen LogP) is 2.53. The molecular formula is C10H9ClFN5S. The molecule has 0 saturated heterocycles. The first-order valence-electron chi connectivity index (χ1n) is 5.35. The van der Waals surface area contributed by atoms with E-state index in [-0.39, 0.29) is 5.02 Å². The van der Waals surface area contributed by atoms with Crippen LogP contribution in [0.25, 0.3) is 0 Å². The van der Waals surface area contributed by atoms with Crippen LogP contribution in [-0.4, -0.2) is 20.2 Å².